The number of carbonyl (C=O) groups excluding carboxylic acids is 3. The van der Waals surface area contributed by atoms with Crippen molar-refractivity contribution < 1.29 is 34.0 Å². The predicted octanol–water partition coefficient (Wildman–Crippen LogP) is 5.04. The fraction of sp³-hybridized carbons (Fsp3) is 0.636. The number of fused-ring (bicyclic) bond motifs is 5. The second kappa shape index (κ2) is 12.3. The van der Waals surface area contributed by atoms with Gasteiger partial charge in [-0.2, -0.15) is 0 Å². The highest BCUT2D eigenvalue weighted by Crippen LogP contribution is 2.66. The monoisotopic (exact) mass is 609 g/mol. The highest BCUT2D eigenvalue weighted by atomic mass is 16.6. The second-order valence-electron chi connectivity index (χ2n) is 13.6. The van der Waals surface area contributed by atoms with Crippen molar-refractivity contribution in [3.05, 3.63) is 45.5 Å². The van der Waals surface area contributed by atoms with Crippen LogP contribution in [-0.4, -0.2) is 53.2 Å². The van der Waals surface area contributed by atoms with Gasteiger partial charge in [-0.15, -0.1) is 0 Å². The van der Waals surface area contributed by atoms with Gasteiger partial charge in [0, 0.05) is 18.4 Å². The lowest BCUT2D eigenvalue weighted by atomic mass is 9.46. The number of carbonyl (C=O) groups is 3. The first-order valence-electron chi connectivity index (χ1n) is 15.6. The number of nitrogens with zero attached hydrogens (tertiary/aromatic N) is 2. The maximum absolute atomic E-state index is 12.7. The zero-order valence-electron chi connectivity index (χ0n) is 26.0. The van der Waals surface area contributed by atoms with Crippen LogP contribution in [0.3, 0.4) is 0 Å². The number of nitrogens with one attached hydrogen (secondary N) is 1. The summed E-state index contributed by atoms with van der Waals surface area (Å²) < 4.78 is 4.80. The Hall–Kier alpha value is -3.76. The van der Waals surface area contributed by atoms with E-state index in [0.717, 1.165) is 63.1 Å². The summed E-state index contributed by atoms with van der Waals surface area (Å²) in [6.07, 6.45) is 10.4. The van der Waals surface area contributed by atoms with E-state index in [1.165, 1.54) is 24.8 Å². The van der Waals surface area contributed by atoms with E-state index in [1.54, 1.807) is 6.92 Å². The molecule has 4 aliphatic carbocycles. The van der Waals surface area contributed by atoms with Crippen molar-refractivity contribution in [2.24, 2.45) is 39.7 Å². The topological polar surface area (TPSA) is 157 Å². The first-order chi connectivity index (χ1) is 20.9. The van der Waals surface area contributed by atoms with Crippen LogP contribution in [0.1, 0.15) is 77.7 Å². The quantitative estimate of drug-likeness (QED) is 0.224. The van der Waals surface area contributed by atoms with E-state index in [1.807, 2.05) is 0 Å². The molecule has 0 aromatic heterocycles. The van der Waals surface area contributed by atoms with Crippen LogP contribution in [-0.2, 0) is 30.4 Å². The van der Waals surface area contributed by atoms with Crippen molar-refractivity contribution >= 4 is 29.1 Å². The number of hydrogen-bond acceptors (Lipinski definition) is 9. The number of oxime groups is 1. The Morgan fingerprint density at radius 1 is 1.14 bits per heavy atom. The summed E-state index contributed by atoms with van der Waals surface area (Å²) in [6.45, 7) is 6.13. The number of methoxy groups -OCH3 is 1. The van der Waals surface area contributed by atoms with Crippen LogP contribution >= 0.6 is 0 Å². The molecule has 1 amide bonds. The highest BCUT2D eigenvalue weighted by molar-refractivity contribution is 5.96. The van der Waals surface area contributed by atoms with Crippen molar-refractivity contribution in [3.8, 4) is 5.75 Å². The molecule has 3 saturated carbocycles. The van der Waals surface area contributed by atoms with Gasteiger partial charge < -0.3 is 20.0 Å². The second-order valence-corrected chi connectivity index (χ2v) is 13.6. The summed E-state index contributed by atoms with van der Waals surface area (Å²) in [6, 6.07) is 2.65. The minimum Gasteiger partial charge on any atom is -0.502 e. The van der Waals surface area contributed by atoms with Gasteiger partial charge in [0.05, 0.1) is 17.7 Å². The van der Waals surface area contributed by atoms with Gasteiger partial charge in [-0.25, -0.2) is 4.79 Å². The van der Waals surface area contributed by atoms with Crippen LogP contribution in [0, 0.1) is 44.6 Å². The average molecular weight is 610 g/mol. The zero-order valence-corrected chi connectivity index (χ0v) is 26.0. The molecule has 4 aliphatic rings. The van der Waals surface area contributed by atoms with Crippen molar-refractivity contribution in [2.75, 3.05) is 13.7 Å². The molecular weight excluding hydrogens is 566 g/mol. The Balaban J connectivity index is 1.19. The molecule has 5 rings (SSSR count). The number of ether oxygens (including phenoxy) is 1. The van der Waals surface area contributed by atoms with Gasteiger partial charge in [-0.1, -0.05) is 30.6 Å². The van der Waals surface area contributed by atoms with Gasteiger partial charge in [-0.05, 0) is 105 Å². The van der Waals surface area contributed by atoms with Crippen molar-refractivity contribution in [1.82, 2.24) is 5.32 Å². The van der Waals surface area contributed by atoms with E-state index in [4.69, 9.17) is 9.57 Å². The molecule has 0 heterocycles. The normalized spacial score (nSPS) is 32.4. The van der Waals surface area contributed by atoms with Gasteiger partial charge in [-0.3, -0.25) is 19.7 Å². The number of rotatable bonds is 9. The number of allylic oxidation sites excluding steroid dienone is 2. The number of esters is 1. The molecule has 1 aromatic carbocycles. The Labute approximate surface area is 257 Å². The zero-order chi connectivity index (χ0) is 31.8. The number of aromatic hydroxyl groups is 1. The summed E-state index contributed by atoms with van der Waals surface area (Å²) in [7, 11) is 1.18. The van der Waals surface area contributed by atoms with E-state index < -0.39 is 40.9 Å². The lowest BCUT2D eigenvalue weighted by Crippen LogP contribution is -2.51. The standard InChI is InChI=1S/C33H43N3O8/c1-19(37)24-8-9-25-23-7-6-21-17-22(11-13-32(21,2)26(23)12-14-33(24,25)3)35-44-18-30(39)34-27(31(40)43-4)15-20-5-10-29(38)28(16-20)36(41)42/h5,10,16-17,23-27,38H,6-9,11-15,18H2,1-4H3,(H,34,39)/t23?,24?,25?,26?,27?,32-,33+/m0/s1. The summed E-state index contributed by atoms with van der Waals surface area (Å²) in [5.74, 6) is 0.626. The van der Waals surface area contributed by atoms with Gasteiger partial charge in [0.15, 0.2) is 12.4 Å². The van der Waals surface area contributed by atoms with E-state index in [2.05, 4.69) is 30.4 Å². The molecular formula is C33H43N3O8. The summed E-state index contributed by atoms with van der Waals surface area (Å²) in [4.78, 5) is 53.3. The highest BCUT2D eigenvalue weighted by Gasteiger charge is 2.59. The van der Waals surface area contributed by atoms with Crippen LogP contribution in [0.5, 0.6) is 5.75 Å². The van der Waals surface area contributed by atoms with E-state index in [9.17, 15) is 29.6 Å². The Kier molecular flexibility index (Phi) is 8.87. The molecule has 44 heavy (non-hydrogen) atoms. The number of hydrogen-bond donors (Lipinski definition) is 2. The number of ketones is 1. The van der Waals surface area contributed by atoms with E-state index in [0.29, 0.717) is 29.1 Å². The average Bonchev–Trinajstić information content (AvgIpc) is 3.35. The number of nitro benzene ring substituents is 1. The number of phenolic OH excluding ortho intramolecular Hbond substituents is 1. The summed E-state index contributed by atoms with van der Waals surface area (Å²) >= 11 is 0. The molecule has 0 bridgehead atoms. The summed E-state index contributed by atoms with van der Waals surface area (Å²) in [5.41, 5.74) is 2.30. The molecule has 0 spiro atoms. The molecule has 5 unspecified atom stereocenters. The number of Topliss-reactive ketones (excluding diaryl/α,β-unsaturated/α-hetero) is 1. The third-order valence-electron chi connectivity index (χ3n) is 11.3. The third-order valence-corrected chi connectivity index (χ3v) is 11.3. The molecule has 11 heteroatoms. The van der Waals surface area contributed by atoms with Crippen LogP contribution in [0.2, 0.25) is 0 Å². The molecule has 1 aromatic rings. The molecule has 7 atom stereocenters. The fourth-order valence-corrected chi connectivity index (χ4v) is 9.13. The number of amides is 1. The largest absolute Gasteiger partial charge is 0.502 e. The maximum Gasteiger partial charge on any atom is 0.328 e. The van der Waals surface area contributed by atoms with Gasteiger partial charge in [0.25, 0.3) is 5.91 Å². The third kappa shape index (κ3) is 5.85. The molecule has 0 radical (unpaired) electrons. The predicted molar refractivity (Wildman–Crippen MR) is 162 cm³/mol. The lowest BCUT2D eigenvalue weighted by molar-refractivity contribution is -0.385. The van der Waals surface area contributed by atoms with Crippen LogP contribution in [0.4, 0.5) is 5.69 Å². The Bertz CT molecular complexity index is 1410. The first-order valence-corrected chi connectivity index (χ1v) is 15.6. The molecule has 238 valence electrons. The number of benzene rings is 1. The van der Waals surface area contributed by atoms with E-state index >= 15 is 0 Å². The van der Waals surface area contributed by atoms with Gasteiger partial charge >= 0.3 is 11.7 Å². The van der Waals surface area contributed by atoms with Gasteiger partial charge in [0.1, 0.15) is 11.8 Å². The summed E-state index contributed by atoms with van der Waals surface area (Å²) in [5, 5.41) is 27.7. The van der Waals surface area contributed by atoms with Crippen molar-refractivity contribution in [2.45, 2.75) is 84.6 Å². The number of nitro groups is 1. The van der Waals surface area contributed by atoms with Crippen molar-refractivity contribution in [3.63, 3.8) is 0 Å². The van der Waals surface area contributed by atoms with Crippen LogP contribution < -0.4 is 5.32 Å². The van der Waals surface area contributed by atoms with Crippen LogP contribution in [0.25, 0.3) is 0 Å². The van der Waals surface area contributed by atoms with Crippen LogP contribution in [0.15, 0.2) is 35.0 Å². The SMILES string of the molecule is COC(=O)C(Cc1ccc(O)c([N+](=O)[O-])c1)NC(=O)CON=C1C=C2CCC3C4CCC(C(C)=O)[C@@]4(C)CCC3[C@@]2(C)CC1. The first kappa shape index (κ1) is 31.7. The van der Waals surface area contributed by atoms with Crippen molar-refractivity contribution in [1.29, 1.82) is 0 Å². The minimum atomic E-state index is -1.11. The maximum atomic E-state index is 12.7. The smallest absolute Gasteiger partial charge is 0.328 e. The fourth-order valence-electron chi connectivity index (χ4n) is 9.13. The molecule has 3 fully saturated rings. The number of phenols is 1. The lowest BCUT2D eigenvalue weighted by Gasteiger charge is -2.58. The van der Waals surface area contributed by atoms with E-state index in [-0.39, 0.29) is 23.2 Å². The minimum absolute atomic E-state index is 0.0731. The molecule has 2 N–H and O–H groups in total. The van der Waals surface area contributed by atoms with Gasteiger partial charge in [0.2, 0.25) is 0 Å². The molecule has 0 aliphatic heterocycles. The Morgan fingerprint density at radius 3 is 2.61 bits per heavy atom. The molecule has 0 saturated heterocycles. The molecule has 11 nitrogen and oxygen atoms in total. The Morgan fingerprint density at radius 2 is 1.91 bits per heavy atom.